The van der Waals surface area contributed by atoms with Gasteiger partial charge in [0, 0.05) is 31.2 Å². The molecular weight excluding hydrogens is 333 g/mol. The molecule has 0 radical (unpaired) electrons. The zero-order valence-corrected chi connectivity index (χ0v) is 14.9. The van der Waals surface area contributed by atoms with Crippen molar-refractivity contribution in [1.29, 1.82) is 0 Å². The molecule has 1 aromatic heterocycles. The number of aryl methyl sites for hydroxylation is 2. The van der Waals surface area contributed by atoms with Crippen molar-refractivity contribution >= 4 is 5.91 Å². The summed E-state index contributed by atoms with van der Waals surface area (Å²) in [6.45, 7) is 5.78. The number of H-pyrrole nitrogens is 1. The van der Waals surface area contributed by atoms with Gasteiger partial charge in [-0.3, -0.25) is 9.59 Å². The normalized spacial score (nSPS) is 24.7. The second-order valence-electron chi connectivity index (χ2n) is 7.38. The minimum atomic E-state index is -0.360. The van der Waals surface area contributed by atoms with Crippen molar-refractivity contribution in [2.24, 2.45) is 11.8 Å². The summed E-state index contributed by atoms with van der Waals surface area (Å²) in [5, 5.41) is 3.37. The van der Waals surface area contributed by atoms with Crippen LogP contribution in [0.1, 0.15) is 33.2 Å². The van der Waals surface area contributed by atoms with E-state index in [0.717, 1.165) is 24.3 Å². The highest BCUT2D eigenvalue weighted by molar-refractivity contribution is 5.95. The van der Waals surface area contributed by atoms with E-state index in [4.69, 9.17) is 0 Å². The van der Waals surface area contributed by atoms with Crippen molar-refractivity contribution in [2.45, 2.75) is 19.9 Å². The molecule has 0 saturated carbocycles. The summed E-state index contributed by atoms with van der Waals surface area (Å²) in [5.74, 6) is -0.0382. The van der Waals surface area contributed by atoms with Gasteiger partial charge in [0.05, 0.1) is 6.04 Å². The van der Waals surface area contributed by atoms with Gasteiger partial charge in [-0.15, -0.1) is 0 Å². The summed E-state index contributed by atoms with van der Waals surface area (Å²) in [6.07, 6.45) is 0. The number of carbonyl (C=O) groups excluding carboxylic acids is 1. The second kappa shape index (κ2) is 6.36. The van der Waals surface area contributed by atoms with E-state index in [2.05, 4.69) is 10.3 Å². The first-order chi connectivity index (χ1) is 12.5. The molecule has 136 valence electrons. The van der Waals surface area contributed by atoms with Crippen LogP contribution in [0.3, 0.4) is 0 Å². The van der Waals surface area contributed by atoms with Crippen LogP contribution in [0.15, 0.2) is 35.1 Å². The number of aromatic nitrogens is 1. The number of carbonyl (C=O) groups is 1. The number of halogens is 1. The third-order valence-electron chi connectivity index (χ3n) is 5.59. The van der Waals surface area contributed by atoms with Crippen molar-refractivity contribution in [3.8, 4) is 0 Å². The molecule has 2 aromatic rings. The Hall–Kier alpha value is -2.47. The molecule has 2 saturated heterocycles. The van der Waals surface area contributed by atoms with Gasteiger partial charge in [0.2, 0.25) is 0 Å². The third-order valence-corrected chi connectivity index (χ3v) is 5.59. The van der Waals surface area contributed by atoms with Crippen LogP contribution in [0.2, 0.25) is 0 Å². The maximum atomic E-state index is 13.8. The molecule has 0 aliphatic carbocycles. The Kier molecular flexibility index (Phi) is 4.15. The summed E-state index contributed by atoms with van der Waals surface area (Å²) in [4.78, 5) is 30.2. The predicted octanol–water partition coefficient (Wildman–Crippen LogP) is 2.16. The summed E-state index contributed by atoms with van der Waals surface area (Å²) in [6, 6.07) is 8.03. The van der Waals surface area contributed by atoms with Crippen LogP contribution in [0, 0.1) is 31.5 Å². The maximum Gasteiger partial charge on any atom is 0.261 e. The van der Waals surface area contributed by atoms with Crippen LogP contribution in [-0.2, 0) is 0 Å². The fraction of sp³-hybridized carbons (Fsp3) is 0.400. The Morgan fingerprint density at radius 3 is 2.77 bits per heavy atom. The Bertz CT molecular complexity index is 924. The smallest absolute Gasteiger partial charge is 0.261 e. The lowest BCUT2D eigenvalue weighted by atomic mass is 9.89. The number of hydrogen-bond donors (Lipinski definition) is 2. The van der Waals surface area contributed by atoms with Crippen LogP contribution in [0.4, 0.5) is 4.39 Å². The molecule has 3 heterocycles. The fourth-order valence-electron chi connectivity index (χ4n) is 4.51. The number of amides is 1. The van der Waals surface area contributed by atoms with Crippen LogP contribution < -0.4 is 10.9 Å². The number of fused-ring (bicyclic) bond motifs is 1. The number of hydrogen-bond acceptors (Lipinski definition) is 3. The fourth-order valence-corrected chi connectivity index (χ4v) is 4.51. The molecule has 0 unspecified atom stereocenters. The van der Waals surface area contributed by atoms with E-state index >= 15 is 0 Å². The topological polar surface area (TPSA) is 65.2 Å². The molecular formula is C20H22FN3O2. The molecule has 2 aliphatic rings. The van der Waals surface area contributed by atoms with Crippen LogP contribution in [-0.4, -0.2) is 35.4 Å². The van der Waals surface area contributed by atoms with Gasteiger partial charge in [-0.1, -0.05) is 12.1 Å². The van der Waals surface area contributed by atoms with Gasteiger partial charge in [-0.25, -0.2) is 4.39 Å². The molecule has 2 fully saturated rings. The molecule has 0 bridgehead atoms. The Balaban J connectivity index is 1.77. The highest BCUT2D eigenvalue weighted by Crippen LogP contribution is 2.43. The number of nitrogens with zero attached hydrogens (tertiary/aromatic N) is 1. The van der Waals surface area contributed by atoms with Crippen LogP contribution in [0.5, 0.6) is 0 Å². The maximum absolute atomic E-state index is 13.8. The zero-order chi connectivity index (χ0) is 18.4. The molecule has 4 rings (SSSR count). The van der Waals surface area contributed by atoms with Gasteiger partial charge in [0.1, 0.15) is 11.4 Å². The monoisotopic (exact) mass is 355 g/mol. The van der Waals surface area contributed by atoms with E-state index in [1.54, 1.807) is 24.8 Å². The predicted molar refractivity (Wildman–Crippen MR) is 96.6 cm³/mol. The summed E-state index contributed by atoms with van der Waals surface area (Å²) in [5.41, 5.74) is 2.01. The van der Waals surface area contributed by atoms with Gasteiger partial charge < -0.3 is 15.2 Å². The lowest BCUT2D eigenvalue weighted by Crippen LogP contribution is -2.38. The molecule has 1 aromatic carbocycles. The highest BCUT2D eigenvalue weighted by Gasteiger charge is 2.47. The Morgan fingerprint density at radius 1 is 1.23 bits per heavy atom. The van der Waals surface area contributed by atoms with E-state index < -0.39 is 0 Å². The van der Waals surface area contributed by atoms with Crippen LogP contribution >= 0.6 is 0 Å². The lowest BCUT2D eigenvalue weighted by molar-refractivity contribution is 0.0711. The van der Waals surface area contributed by atoms with E-state index in [1.165, 1.54) is 12.1 Å². The van der Waals surface area contributed by atoms with Gasteiger partial charge in [-0.2, -0.15) is 0 Å². The number of likely N-dealkylation sites (tertiary alicyclic amines) is 1. The average Bonchev–Trinajstić information content (AvgIpc) is 3.14. The molecule has 6 heteroatoms. The number of nitrogens with one attached hydrogen (secondary N) is 2. The number of rotatable bonds is 2. The standard InChI is InChI=1S/C20H22FN3O2/c1-11-6-12(2)23-19(25)17(11)20(26)24-10-14-8-22-9-16(14)18(24)13-4-3-5-15(21)7-13/h3-7,14,16,18,22H,8-10H2,1-2H3,(H,23,25)/t14-,16-,18-/m0/s1. The highest BCUT2D eigenvalue weighted by atomic mass is 19.1. The first-order valence-corrected chi connectivity index (χ1v) is 8.93. The Labute approximate surface area is 151 Å². The van der Waals surface area contributed by atoms with Crippen LogP contribution in [0.25, 0.3) is 0 Å². The van der Waals surface area contributed by atoms with Crippen molar-refractivity contribution in [1.82, 2.24) is 15.2 Å². The van der Waals surface area contributed by atoms with Crippen molar-refractivity contribution in [2.75, 3.05) is 19.6 Å². The summed E-state index contributed by atoms with van der Waals surface area (Å²) >= 11 is 0. The molecule has 2 N–H and O–H groups in total. The van der Waals surface area contributed by atoms with Gasteiger partial charge in [0.15, 0.2) is 0 Å². The molecule has 2 aliphatic heterocycles. The summed E-state index contributed by atoms with van der Waals surface area (Å²) < 4.78 is 13.8. The molecule has 1 amide bonds. The second-order valence-corrected chi connectivity index (χ2v) is 7.38. The molecule has 5 nitrogen and oxygen atoms in total. The largest absolute Gasteiger partial charge is 0.331 e. The number of aromatic amines is 1. The first-order valence-electron chi connectivity index (χ1n) is 8.93. The van der Waals surface area contributed by atoms with Gasteiger partial charge in [-0.05, 0) is 49.1 Å². The Morgan fingerprint density at radius 2 is 2.04 bits per heavy atom. The molecule has 3 atom stereocenters. The van der Waals surface area contributed by atoms with Crippen molar-refractivity contribution in [3.63, 3.8) is 0 Å². The van der Waals surface area contributed by atoms with Gasteiger partial charge >= 0.3 is 0 Å². The van der Waals surface area contributed by atoms with Gasteiger partial charge in [0.25, 0.3) is 11.5 Å². The van der Waals surface area contributed by atoms with E-state index in [9.17, 15) is 14.0 Å². The SMILES string of the molecule is Cc1cc(C)c(C(=O)N2C[C@@H]3CNC[C@@H]3[C@@H]2c2cccc(F)c2)c(=O)[nH]1. The quantitative estimate of drug-likeness (QED) is 0.868. The van der Waals surface area contributed by atoms with E-state index in [0.29, 0.717) is 18.0 Å². The van der Waals surface area contributed by atoms with Crippen molar-refractivity contribution < 1.29 is 9.18 Å². The lowest BCUT2D eigenvalue weighted by Gasteiger charge is -2.28. The third kappa shape index (κ3) is 2.74. The molecule has 0 spiro atoms. The molecule has 26 heavy (non-hydrogen) atoms. The first kappa shape index (κ1) is 17.0. The van der Waals surface area contributed by atoms with E-state index in [1.807, 2.05) is 12.1 Å². The minimum Gasteiger partial charge on any atom is -0.331 e. The summed E-state index contributed by atoms with van der Waals surface area (Å²) in [7, 11) is 0. The van der Waals surface area contributed by atoms with E-state index in [-0.39, 0.29) is 34.8 Å². The average molecular weight is 355 g/mol. The number of pyridine rings is 1. The minimum absolute atomic E-state index is 0.185. The van der Waals surface area contributed by atoms with Crippen molar-refractivity contribution in [3.05, 3.63) is 68.9 Å². The number of benzene rings is 1. The zero-order valence-electron chi connectivity index (χ0n) is 14.9.